The molecule has 1 aromatic heterocycles. The normalized spacial score (nSPS) is 15.7. The molecule has 1 N–H and O–H groups in total. The van der Waals surface area contributed by atoms with Crippen LogP contribution in [0.1, 0.15) is 56.9 Å². The minimum Gasteiger partial charge on any atom is -0.497 e. The Hall–Kier alpha value is -2.41. The lowest BCUT2D eigenvalue weighted by molar-refractivity contribution is 0.0523. The summed E-state index contributed by atoms with van der Waals surface area (Å²) in [6.07, 6.45) is 0.973. The number of thioether (sulfide) groups is 1. The summed E-state index contributed by atoms with van der Waals surface area (Å²) in [5.74, 6) is 2.75. The molecule has 156 valence electrons. The molecule has 0 amide bonds. The van der Waals surface area contributed by atoms with E-state index in [1.807, 2.05) is 18.2 Å². The van der Waals surface area contributed by atoms with Crippen LogP contribution in [-0.4, -0.2) is 49.1 Å². The summed E-state index contributed by atoms with van der Waals surface area (Å²) in [6, 6.07) is 5.60. The smallest absolute Gasteiger partial charge is 0.355 e. The number of aromatic amines is 1. The Morgan fingerprint density at radius 3 is 2.72 bits per heavy atom. The van der Waals surface area contributed by atoms with Crippen molar-refractivity contribution < 1.29 is 23.8 Å². The molecule has 1 heterocycles. The molecule has 6 nitrogen and oxygen atoms in total. The zero-order valence-corrected chi connectivity index (χ0v) is 18.1. The van der Waals surface area contributed by atoms with Gasteiger partial charge >= 0.3 is 5.97 Å². The Morgan fingerprint density at radius 2 is 2.03 bits per heavy atom. The second-order valence-electron chi connectivity index (χ2n) is 6.95. The summed E-state index contributed by atoms with van der Waals surface area (Å²) in [7, 11) is 3.23. The van der Waals surface area contributed by atoms with E-state index in [1.54, 1.807) is 32.9 Å². The molecule has 0 saturated carbocycles. The first-order valence-electron chi connectivity index (χ1n) is 9.71. The average molecular weight is 418 g/mol. The van der Waals surface area contributed by atoms with Gasteiger partial charge in [-0.1, -0.05) is 6.92 Å². The number of aromatic nitrogens is 1. The number of esters is 1. The number of carbonyl (C=O) groups is 2. The highest BCUT2D eigenvalue weighted by atomic mass is 32.2. The Bertz CT molecular complexity index is 905. The highest BCUT2D eigenvalue weighted by molar-refractivity contribution is 7.99. The number of fused-ring (bicyclic) bond motifs is 1. The Kier molecular flexibility index (Phi) is 6.90. The molecule has 0 radical (unpaired) electrons. The minimum absolute atomic E-state index is 0.0236. The van der Waals surface area contributed by atoms with Crippen LogP contribution in [0.3, 0.4) is 0 Å². The number of methoxy groups -OCH3 is 2. The SMILES string of the molecule is CCSCCOC(=O)c1[nH]c2c(c1C)C(=O)C[C@@H](c1cc(OC)ccc1OC)C2. The van der Waals surface area contributed by atoms with Gasteiger partial charge in [-0.25, -0.2) is 4.79 Å². The first-order valence-corrected chi connectivity index (χ1v) is 10.9. The van der Waals surface area contributed by atoms with E-state index < -0.39 is 5.97 Å². The van der Waals surface area contributed by atoms with Crippen molar-refractivity contribution in [3.8, 4) is 11.5 Å². The number of hydrogen-bond acceptors (Lipinski definition) is 6. The van der Waals surface area contributed by atoms with Crippen LogP contribution in [0.4, 0.5) is 0 Å². The van der Waals surface area contributed by atoms with E-state index in [2.05, 4.69) is 11.9 Å². The highest BCUT2D eigenvalue weighted by Gasteiger charge is 2.33. The van der Waals surface area contributed by atoms with E-state index in [-0.39, 0.29) is 11.7 Å². The minimum atomic E-state index is -0.406. The molecule has 3 rings (SSSR count). The topological polar surface area (TPSA) is 77.6 Å². The van der Waals surface area contributed by atoms with Crippen LogP contribution < -0.4 is 9.47 Å². The summed E-state index contributed by atoms with van der Waals surface area (Å²) in [4.78, 5) is 28.6. The van der Waals surface area contributed by atoms with E-state index in [0.717, 1.165) is 34.3 Å². The van der Waals surface area contributed by atoms with Crippen LogP contribution in [-0.2, 0) is 11.2 Å². The van der Waals surface area contributed by atoms with Gasteiger partial charge in [0.05, 0.1) is 14.2 Å². The van der Waals surface area contributed by atoms with Gasteiger partial charge in [0, 0.05) is 34.9 Å². The maximum absolute atomic E-state index is 12.9. The molecule has 0 unspecified atom stereocenters. The van der Waals surface area contributed by atoms with Gasteiger partial charge in [0.1, 0.15) is 23.8 Å². The Balaban J connectivity index is 1.85. The maximum atomic E-state index is 12.9. The number of H-pyrrole nitrogens is 1. The fourth-order valence-corrected chi connectivity index (χ4v) is 4.32. The summed E-state index contributed by atoms with van der Waals surface area (Å²) in [6.45, 7) is 4.23. The second kappa shape index (κ2) is 9.39. The van der Waals surface area contributed by atoms with E-state index in [0.29, 0.717) is 36.3 Å². The predicted molar refractivity (Wildman–Crippen MR) is 114 cm³/mol. The van der Waals surface area contributed by atoms with Crippen LogP contribution in [0.15, 0.2) is 18.2 Å². The molecule has 0 bridgehead atoms. The van der Waals surface area contributed by atoms with Crippen LogP contribution in [0.25, 0.3) is 0 Å². The zero-order valence-electron chi connectivity index (χ0n) is 17.3. The standard InChI is InChI=1S/C22H27NO5S/c1-5-29-9-8-28-22(25)21-13(2)20-17(23-21)10-14(11-18(20)24)16-12-15(26-3)6-7-19(16)27-4/h6-7,12,14,23H,5,8-11H2,1-4H3/t14-/m0/s1. The number of ketones is 1. The van der Waals surface area contributed by atoms with Crippen molar-refractivity contribution in [1.29, 1.82) is 0 Å². The Morgan fingerprint density at radius 1 is 1.24 bits per heavy atom. The number of benzene rings is 1. The van der Waals surface area contributed by atoms with Gasteiger partial charge in [-0.2, -0.15) is 11.8 Å². The lowest BCUT2D eigenvalue weighted by Crippen LogP contribution is -2.19. The van der Waals surface area contributed by atoms with Crippen molar-refractivity contribution >= 4 is 23.5 Å². The first-order chi connectivity index (χ1) is 14.0. The van der Waals surface area contributed by atoms with Crippen LogP contribution >= 0.6 is 11.8 Å². The maximum Gasteiger partial charge on any atom is 0.355 e. The molecule has 1 aromatic carbocycles. The number of nitrogens with one attached hydrogen (secondary N) is 1. The number of rotatable bonds is 8. The van der Waals surface area contributed by atoms with Gasteiger partial charge in [-0.05, 0) is 42.9 Å². The van der Waals surface area contributed by atoms with Gasteiger partial charge in [-0.15, -0.1) is 0 Å². The number of Topliss-reactive ketones (excluding diaryl/α,β-unsaturated/α-hetero) is 1. The van der Waals surface area contributed by atoms with Gasteiger partial charge in [0.2, 0.25) is 0 Å². The van der Waals surface area contributed by atoms with Gasteiger partial charge in [-0.3, -0.25) is 4.79 Å². The van der Waals surface area contributed by atoms with Crippen molar-refractivity contribution in [2.45, 2.75) is 32.6 Å². The molecule has 7 heteroatoms. The van der Waals surface area contributed by atoms with Crippen molar-refractivity contribution in [2.75, 3.05) is 32.3 Å². The molecule has 1 aliphatic rings. The molecular formula is C22H27NO5S. The monoisotopic (exact) mass is 417 g/mol. The molecule has 0 spiro atoms. The third-order valence-electron chi connectivity index (χ3n) is 5.23. The molecular weight excluding hydrogens is 390 g/mol. The van der Waals surface area contributed by atoms with Crippen LogP contribution in [0, 0.1) is 6.92 Å². The van der Waals surface area contributed by atoms with E-state index >= 15 is 0 Å². The molecule has 0 saturated heterocycles. The van der Waals surface area contributed by atoms with Crippen LogP contribution in [0.2, 0.25) is 0 Å². The lowest BCUT2D eigenvalue weighted by atomic mass is 9.81. The zero-order chi connectivity index (χ0) is 21.0. The summed E-state index contributed by atoms with van der Waals surface area (Å²) in [5, 5.41) is 0. The highest BCUT2D eigenvalue weighted by Crippen LogP contribution is 2.40. The van der Waals surface area contributed by atoms with Crippen molar-refractivity contribution in [2.24, 2.45) is 0 Å². The van der Waals surface area contributed by atoms with Crippen molar-refractivity contribution in [1.82, 2.24) is 4.98 Å². The number of ether oxygens (including phenoxy) is 3. The molecule has 29 heavy (non-hydrogen) atoms. The number of hydrogen-bond donors (Lipinski definition) is 1. The van der Waals surface area contributed by atoms with Crippen LogP contribution in [0.5, 0.6) is 11.5 Å². The lowest BCUT2D eigenvalue weighted by Gasteiger charge is -2.24. The van der Waals surface area contributed by atoms with Gasteiger partial charge in [0.25, 0.3) is 0 Å². The quantitative estimate of drug-likeness (QED) is 0.513. The third kappa shape index (κ3) is 4.45. The van der Waals surface area contributed by atoms with Gasteiger partial charge < -0.3 is 19.2 Å². The predicted octanol–water partition coefficient (Wildman–Crippen LogP) is 4.16. The fourth-order valence-electron chi connectivity index (χ4n) is 3.83. The first kappa shape index (κ1) is 21.3. The fraction of sp³-hybridized carbons (Fsp3) is 0.455. The molecule has 0 aliphatic heterocycles. The summed E-state index contributed by atoms with van der Waals surface area (Å²) < 4.78 is 16.2. The molecule has 1 aliphatic carbocycles. The van der Waals surface area contributed by atoms with E-state index in [1.165, 1.54) is 0 Å². The van der Waals surface area contributed by atoms with E-state index in [4.69, 9.17) is 14.2 Å². The largest absolute Gasteiger partial charge is 0.497 e. The van der Waals surface area contributed by atoms with Crippen molar-refractivity contribution in [3.05, 3.63) is 46.3 Å². The average Bonchev–Trinajstić information content (AvgIpc) is 3.07. The molecule has 0 fully saturated rings. The molecule has 1 atom stereocenters. The van der Waals surface area contributed by atoms with E-state index in [9.17, 15) is 9.59 Å². The molecule has 2 aromatic rings. The number of carbonyl (C=O) groups excluding carboxylic acids is 2. The summed E-state index contributed by atoms with van der Waals surface area (Å²) in [5.41, 5.74) is 3.39. The summed E-state index contributed by atoms with van der Waals surface area (Å²) >= 11 is 1.72. The Labute approximate surface area is 175 Å². The second-order valence-corrected chi connectivity index (χ2v) is 8.34. The van der Waals surface area contributed by atoms with Gasteiger partial charge in [0.15, 0.2) is 5.78 Å². The van der Waals surface area contributed by atoms with Crippen molar-refractivity contribution in [3.63, 3.8) is 0 Å². The third-order valence-corrected chi connectivity index (χ3v) is 6.10.